The van der Waals surface area contributed by atoms with Crippen LogP contribution in [0, 0.1) is 25.2 Å². The Hall–Kier alpha value is -1.69. The highest BCUT2D eigenvalue weighted by molar-refractivity contribution is 5.95. The predicted octanol–water partition coefficient (Wildman–Crippen LogP) is 2.07. The summed E-state index contributed by atoms with van der Waals surface area (Å²) >= 11 is 0. The van der Waals surface area contributed by atoms with Gasteiger partial charge >= 0.3 is 0 Å². The fourth-order valence-corrected chi connectivity index (χ4v) is 1.72. The van der Waals surface area contributed by atoms with E-state index in [1.54, 1.807) is 17.9 Å². The van der Waals surface area contributed by atoms with E-state index in [0.29, 0.717) is 23.8 Å². The number of furan rings is 1. The first kappa shape index (κ1) is 10.8. The monoisotopic (exact) mass is 217 g/mol. The number of carbonyl (C=O) groups is 1. The Bertz CT molecular complexity index is 423. The lowest BCUT2D eigenvalue weighted by Crippen LogP contribution is -2.33. The molecule has 16 heavy (non-hydrogen) atoms. The summed E-state index contributed by atoms with van der Waals surface area (Å²) in [6.45, 7) is 2.94. The van der Waals surface area contributed by atoms with Gasteiger partial charge in [0.15, 0.2) is 0 Å². The van der Waals surface area contributed by atoms with Gasteiger partial charge in [-0.15, -0.1) is 6.42 Å². The van der Waals surface area contributed by atoms with Gasteiger partial charge in [-0.3, -0.25) is 4.79 Å². The number of hydrogen-bond donors (Lipinski definition) is 0. The molecule has 0 bridgehead atoms. The second-order valence-corrected chi connectivity index (χ2v) is 4.22. The van der Waals surface area contributed by atoms with E-state index in [9.17, 15) is 4.79 Å². The number of terminal acetylenes is 1. The van der Waals surface area contributed by atoms with Crippen molar-refractivity contribution in [2.75, 3.05) is 13.1 Å². The minimum absolute atomic E-state index is 0.0175. The first-order chi connectivity index (χ1) is 7.72. The highest BCUT2D eigenvalue weighted by Crippen LogP contribution is 2.30. The summed E-state index contributed by atoms with van der Waals surface area (Å²) in [6.07, 6.45) is 9.24. The van der Waals surface area contributed by atoms with Gasteiger partial charge in [-0.1, -0.05) is 5.92 Å². The Balaban J connectivity index is 2.10. The molecule has 0 aliphatic heterocycles. The van der Waals surface area contributed by atoms with Crippen molar-refractivity contribution in [3.05, 3.63) is 23.7 Å². The maximum absolute atomic E-state index is 12.2. The average molecular weight is 217 g/mol. The minimum atomic E-state index is -0.0175. The maximum atomic E-state index is 12.2. The molecule has 1 aromatic heterocycles. The van der Waals surface area contributed by atoms with E-state index in [4.69, 9.17) is 10.8 Å². The number of nitrogens with zero attached hydrogens (tertiary/aromatic N) is 1. The Kier molecular flexibility index (Phi) is 3.00. The quantitative estimate of drug-likeness (QED) is 0.723. The van der Waals surface area contributed by atoms with Crippen molar-refractivity contribution in [2.45, 2.75) is 19.8 Å². The van der Waals surface area contributed by atoms with Crippen LogP contribution in [0.15, 0.2) is 16.7 Å². The van der Waals surface area contributed by atoms with Crippen molar-refractivity contribution in [2.24, 2.45) is 5.92 Å². The highest BCUT2D eigenvalue weighted by Gasteiger charge is 2.27. The smallest absolute Gasteiger partial charge is 0.258 e. The normalized spacial score (nSPS) is 14.5. The second kappa shape index (κ2) is 4.44. The van der Waals surface area contributed by atoms with E-state index in [1.165, 1.54) is 19.1 Å². The van der Waals surface area contributed by atoms with E-state index in [0.717, 1.165) is 6.54 Å². The summed E-state index contributed by atoms with van der Waals surface area (Å²) in [5, 5.41) is 0. The van der Waals surface area contributed by atoms with Crippen LogP contribution in [-0.4, -0.2) is 23.9 Å². The fourth-order valence-electron chi connectivity index (χ4n) is 1.72. The minimum Gasteiger partial charge on any atom is -0.469 e. The molecule has 1 saturated carbocycles. The molecule has 0 radical (unpaired) electrons. The molecule has 2 rings (SSSR count). The molecular weight excluding hydrogens is 202 g/mol. The van der Waals surface area contributed by atoms with Crippen LogP contribution >= 0.6 is 0 Å². The Morgan fingerprint density at radius 2 is 2.44 bits per heavy atom. The van der Waals surface area contributed by atoms with Gasteiger partial charge in [0, 0.05) is 6.54 Å². The molecule has 1 aliphatic rings. The van der Waals surface area contributed by atoms with Gasteiger partial charge in [0.05, 0.1) is 18.4 Å². The highest BCUT2D eigenvalue weighted by atomic mass is 16.3. The average Bonchev–Trinajstić information content (AvgIpc) is 2.98. The molecule has 1 fully saturated rings. The van der Waals surface area contributed by atoms with Crippen LogP contribution in [0.1, 0.15) is 29.0 Å². The zero-order valence-electron chi connectivity index (χ0n) is 9.40. The van der Waals surface area contributed by atoms with Crippen molar-refractivity contribution in [3.8, 4) is 12.3 Å². The van der Waals surface area contributed by atoms with Gasteiger partial charge in [-0.05, 0) is 31.7 Å². The first-order valence-corrected chi connectivity index (χ1v) is 5.49. The Morgan fingerprint density at radius 3 is 2.94 bits per heavy atom. The van der Waals surface area contributed by atoms with Gasteiger partial charge < -0.3 is 9.32 Å². The van der Waals surface area contributed by atoms with Crippen molar-refractivity contribution < 1.29 is 9.21 Å². The molecule has 1 heterocycles. The lowest BCUT2D eigenvalue weighted by atomic mass is 10.2. The number of carbonyl (C=O) groups excluding carboxylic acids is 1. The number of aryl methyl sites for hydroxylation is 1. The summed E-state index contributed by atoms with van der Waals surface area (Å²) in [7, 11) is 0. The third kappa shape index (κ3) is 2.27. The molecule has 0 atom stereocenters. The topological polar surface area (TPSA) is 33.5 Å². The number of hydrogen-bond acceptors (Lipinski definition) is 2. The van der Waals surface area contributed by atoms with Crippen molar-refractivity contribution >= 4 is 5.91 Å². The van der Waals surface area contributed by atoms with Gasteiger partial charge in [0.2, 0.25) is 0 Å². The molecule has 0 spiro atoms. The summed E-state index contributed by atoms with van der Waals surface area (Å²) < 4.78 is 5.14. The molecule has 3 heteroatoms. The van der Waals surface area contributed by atoms with Crippen LogP contribution in [0.5, 0.6) is 0 Å². The SMILES string of the molecule is C#CCN(CC1CC1)C(=O)c1ccoc1C. The molecule has 0 unspecified atom stereocenters. The van der Waals surface area contributed by atoms with E-state index < -0.39 is 0 Å². The second-order valence-electron chi connectivity index (χ2n) is 4.22. The van der Waals surface area contributed by atoms with Crippen LogP contribution < -0.4 is 0 Å². The zero-order valence-corrected chi connectivity index (χ0v) is 9.40. The zero-order chi connectivity index (χ0) is 11.5. The van der Waals surface area contributed by atoms with Crippen LogP contribution in [0.4, 0.5) is 0 Å². The third-order valence-corrected chi connectivity index (χ3v) is 2.83. The largest absolute Gasteiger partial charge is 0.469 e. The van der Waals surface area contributed by atoms with Crippen LogP contribution in [0.25, 0.3) is 0 Å². The molecule has 1 aliphatic carbocycles. The van der Waals surface area contributed by atoms with Gasteiger partial charge in [-0.2, -0.15) is 0 Å². The summed E-state index contributed by atoms with van der Waals surface area (Å²) in [5.74, 6) is 3.82. The molecule has 0 aromatic carbocycles. The fraction of sp³-hybridized carbons (Fsp3) is 0.462. The van der Waals surface area contributed by atoms with Crippen molar-refractivity contribution in [1.82, 2.24) is 4.90 Å². The lowest BCUT2D eigenvalue weighted by Gasteiger charge is -2.19. The lowest BCUT2D eigenvalue weighted by molar-refractivity contribution is 0.0768. The number of amides is 1. The Morgan fingerprint density at radius 1 is 1.69 bits per heavy atom. The summed E-state index contributed by atoms with van der Waals surface area (Å²) in [4.78, 5) is 13.9. The van der Waals surface area contributed by atoms with E-state index >= 15 is 0 Å². The van der Waals surface area contributed by atoms with E-state index in [1.807, 2.05) is 0 Å². The van der Waals surface area contributed by atoms with E-state index in [2.05, 4.69) is 5.92 Å². The Labute approximate surface area is 95.4 Å². The van der Waals surface area contributed by atoms with Crippen LogP contribution in [0.2, 0.25) is 0 Å². The van der Waals surface area contributed by atoms with Crippen molar-refractivity contribution in [3.63, 3.8) is 0 Å². The molecule has 0 saturated heterocycles. The molecule has 84 valence electrons. The summed E-state index contributed by atoms with van der Waals surface area (Å²) in [5.41, 5.74) is 0.621. The molecule has 3 nitrogen and oxygen atoms in total. The molecular formula is C13H15NO2. The first-order valence-electron chi connectivity index (χ1n) is 5.49. The molecule has 1 aromatic rings. The van der Waals surface area contributed by atoms with Crippen molar-refractivity contribution in [1.29, 1.82) is 0 Å². The maximum Gasteiger partial charge on any atom is 0.258 e. The molecule has 0 N–H and O–H groups in total. The number of rotatable bonds is 4. The van der Waals surface area contributed by atoms with Gasteiger partial charge in [0.25, 0.3) is 5.91 Å². The predicted molar refractivity (Wildman–Crippen MR) is 60.9 cm³/mol. The van der Waals surface area contributed by atoms with Crippen LogP contribution in [0.3, 0.4) is 0 Å². The van der Waals surface area contributed by atoms with Gasteiger partial charge in [-0.25, -0.2) is 0 Å². The summed E-state index contributed by atoms with van der Waals surface area (Å²) in [6, 6.07) is 1.70. The molecule has 1 amide bonds. The van der Waals surface area contributed by atoms with E-state index in [-0.39, 0.29) is 5.91 Å². The van der Waals surface area contributed by atoms with Gasteiger partial charge in [0.1, 0.15) is 5.76 Å². The standard InChI is InChI=1S/C13H15NO2/c1-3-7-14(9-11-4-5-11)13(15)12-6-8-16-10(12)2/h1,6,8,11H,4-5,7,9H2,2H3. The van der Waals surface area contributed by atoms with Crippen LogP contribution in [-0.2, 0) is 0 Å². The third-order valence-electron chi connectivity index (χ3n) is 2.83.